The van der Waals surface area contributed by atoms with Gasteiger partial charge in [0.1, 0.15) is 12.1 Å². The van der Waals surface area contributed by atoms with Crippen LogP contribution in [0.5, 0.6) is 0 Å². The molecule has 7 heteroatoms. The highest BCUT2D eigenvalue weighted by Gasteiger charge is 2.49. The van der Waals surface area contributed by atoms with E-state index in [1.165, 1.54) is 26.0 Å². The van der Waals surface area contributed by atoms with E-state index in [1.54, 1.807) is 0 Å². The molecule has 1 saturated heterocycles. The molecule has 1 amide bonds. The van der Waals surface area contributed by atoms with Gasteiger partial charge in [0.15, 0.2) is 6.04 Å². The molecule has 0 N–H and O–H groups in total. The summed E-state index contributed by atoms with van der Waals surface area (Å²) in [4.78, 5) is 37.3. The summed E-state index contributed by atoms with van der Waals surface area (Å²) in [7, 11) is 2.46. The van der Waals surface area contributed by atoms with Crippen LogP contribution in [0.2, 0.25) is 0 Å². The maximum absolute atomic E-state index is 12.6. The van der Waals surface area contributed by atoms with Gasteiger partial charge in [0.2, 0.25) is 5.91 Å². The van der Waals surface area contributed by atoms with Gasteiger partial charge in [0.05, 0.1) is 20.8 Å². The fourth-order valence-electron chi connectivity index (χ4n) is 2.26. The molecule has 1 aliphatic rings. The molecule has 0 bridgehead atoms. The van der Waals surface area contributed by atoms with Crippen molar-refractivity contribution in [3.05, 3.63) is 0 Å². The first kappa shape index (κ1) is 17.4. The van der Waals surface area contributed by atoms with Crippen LogP contribution in [0.1, 0.15) is 27.7 Å². The predicted molar refractivity (Wildman–Crippen MR) is 73.0 cm³/mol. The number of ether oxygens (including phenoxy) is 3. The summed E-state index contributed by atoms with van der Waals surface area (Å²) in [5.74, 6) is -2.72. The van der Waals surface area contributed by atoms with Crippen LogP contribution >= 0.6 is 0 Å². The van der Waals surface area contributed by atoms with E-state index in [4.69, 9.17) is 9.47 Å². The van der Waals surface area contributed by atoms with Gasteiger partial charge in [-0.1, -0.05) is 20.8 Å². The van der Waals surface area contributed by atoms with Crippen LogP contribution in [0.3, 0.4) is 0 Å². The molecule has 1 unspecified atom stereocenters. The number of hydrogen-bond acceptors (Lipinski definition) is 6. The Morgan fingerprint density at radius 3 is 2.19 bits per heavy atom. The number of hydrogen-bond donors (Lipinski definition) is 0. The second-order valence-corrected chi connectivity index (χ2v) is 6.08. The molecule has 0 aromatic heterocycles. The number of nitrogens with zero attached hydrogens (tertiary/aromatic N) is 1. The molecular weight excluding hydrogens is 278 g/mol. The van der Waals surface area contributed by atoms with Gasteiger partial charge in [-0.15, -0.1) is 0 Å². The van der Waals surface area contributed by atoms with Gasteiger partial charge in [0.25, 0.3) is 0 Å². The van der Waals surface area contributed by atoms with Crippen LogP contribution in [-0.2, 0) is 28.6 Å². The maximum Gasteiger partial charge on any atom is 0.331 e. The Hall–Kier alpha value is -1.63. The van der Waals surface area contributed by atoms with Crippen LogP contribution in [0.4, 0.5) is 0 Å². The van der Waals surface area contributed by atoms with E-state index in [0.717, 1.165) is 0 Å². The van der Waals surface area contributed by atoms with Gasteiger partial charge in [0, 0.05) is 5.41 Å². The summed E-state index contributed by atoms with van der Waals surface area (Å²) in [5, 5.41) is 0. The van der Waals surface area contributed by atoms with E-state index in [0.29, 0.717) is 0 Å². The summed E-state index contributed by atoms with van der Waals surface area (Å²) in [6.07, 6.45) is -0.610. The molecule has 0 spiro atoms. The lowest BCUT2D eigenvalue weighted by molar-refractivity contribution is -0.163. The molecule has 120 valence electrons. The van der Waals surface area contributed by atoms with Gasteiger partial charge in [-0.2, -0.15) is 0 Å². The van der Waals surface area contributed by atoms with Crippen molar-refractivity contribution in [2.75, 3.05) is 20.8 Å². The minimum absolute atomic E-state index is 0.0498. The van der Waals surface area contributed by atoms with E-state index in [9.17, 15) is 14.4 Å². The Morgan fingerprint density at radius 1 is 1.19 bits per heavy atom. The van der Waals surface area contributed by atoms with E-state index >= 15 is 0 Å². The zero-order valence-corrected chi connectivity index (χ0v) is 13.3. The molecule has 1 heterocycles. The van der Waals surface area contributed by atoms with Crippen LogP contribution in [0.15, 0.2) is 0 Å². The fourth-order valence-corrected chi connectivity index (χ4v) is 2.26. The minimum Gasteiger partial charge on any atom is -0.468 e. The quantitative estimate of drug-likeness (QED) is 0.560. The smallest absolute Gasteiger partial charge is 0.331 e. The lowest BCUT2D eigenvalue weighted by Gasteiger charge is -2.36. The molecule has 7 nitrogen and oxygen atoms in total. The zero-order valence-electron chi connectivity index (χ0n) is 13.3. The number of methoxy groups -OCH3 is 2. The van der Waals surface area contributed by atoms with Crippen molar-refractivity contribution in [2.45, 2.75) is 40.0 Å². The Morgan fingerprint density at radius 2 is 1.76 bits per heavy atom. The molecule has 0 aromatic carbocycles. The number of amides is 1. The van der Waals surface area contributed by atoms with Crippen molar-refractivity contribution in [3.8, 4) is 0 Å². The second kappa shape index (κ2) is 6.43. The molecule has 0 aromatic rings. The molecule has 1 fully saturated rings. The average Bonchev–Trinajstić information content (AvgIpc) is 2.88. The fraction of sp³-hybridized carbons (Fsp3) is 0.786. The van der Waals surface area contributed by atoms with E-state index in [1.807, 2.05) is 20.8 Å². The van der Waals surface area contributed by atoms with E-state index in [-0.39, 0.29) is 6.61 Å². The van der Waals surface area contributed by atoms with Crippen molar-refractivity contribution in [1.29, 1.82) is 0 Å². The monoisotopic (exact) mass is 301 g/mol. The summed E-state index contributed by atoms with van der Waals surface area (Å²) in [6, 6.07) is -0.848. The standard InChI is InChI=1S/C14H23NO6/c1-8(11(17)19-5)10(16)15-9(12(18)20-6)7-21-13(15)14(2,3)4/h8-9,13H,7H2,1-6H3/t8?,9-,13+/m0/s1. The Labute approximate surface area is 124 Å². The van der Waals surface area contributed by atoms with Crippen LogP contribution in [0.25, 0.3) is 0 Å². The highest BCUT2D eigenvalue weighted by atomic mass is 16.5. The topological polar surface area (TPSA) is 82.1 Å². The summed E-state index contributed by atoms with van der Waals surface area (Å²) >= 11 is 0. The third-order valence-electron chi connectivity index (χ3n) is 3.39. The lowest BCUT2D eigenvalue weighted by atomic mass is 9.92. The number of carbonyl (C=O) groups excluding carboxylic acids is 3. The molecule has 3 atom stereocenters. The SMILES string of the molecule is COC(=O)C(C)C(=O)N1[C@H](C(=O)OC)CO[C@@H]1C(C)(C)C. The molecule has 1 rings (SSSR count). The summed E-state index contributed by atoms with van der Waals surface area (Å²) in [6.45, 7) is 7.16. The second-order valence-electron chi connectivity index (χ2n) is 6.08. The minimum atomic E-state index is -1.01. The lowest BCUT2D eigenvalue weighted by Crippen LogP contribution is -2.53. The molecule has 0 radical (unpaired) electrons. The largest absolute Gasteiger partial charge is 0.468 e. The molecule has 1 aliphatic heterocycles. The van der Waals surface area contributed by atoms with Crippen molar-refractivity contribution in [1.82, 2.24) is 4.90 Å². The van der Waals surface area contributed by atoms with Gasteiger partial charge >= 0.3 is 11.9 Å². The third-order valence-corrected chi connectivity index (χ3v) is 3.39. The normalized spacial score (nSPS) is 23.6. The molecule has 21 heavy (non-hydrogen) atoms. The number of esters is 2. The summed E-state index contributed by atoms with van der Waals surface area (Å²) < 4.78 is 14.9. The first-order chi connectivity index (χ1) is 9.65. The zero-order chi connectivity index (χ0) is 16.4. The first-order valence-corrected chi connectivity index (χ1v) is 6.74. The van der Waals surface area contributed by atoms with Crippen LogP contribution in [-0.4, -0.2) is 55.8 Å². The van der Waals surface area contributed by atoms with Gasteiger partial charge in [-0.25, -0.2) is 4.79 Å². The number of carbonyl (C=O) groups is 3. The predicted octanol–water partition coefficient (Wildman–Crippen LogP) is 0.568. The van der Waals surface area contributed by atoms with E-state index in [2.05, 4.69) is 4.74 Å². The van der Waals surface area contributed by atoms with Crippen LogP contribution in [0, 0.1) is 11.3 Å². The molecule has 0 aliphatic carbocycles. The van der Waals surface area contributed by atoms with Gasteiger partial charge in [-0.05, 0) is 6.92 Å². The Balaban J connectivity index is 3.10. The molecule has 0 saturated carbocycles. The van der Waals surface area contributed by atoms with Crippen molar-refractivity contribution < 1.29 is 28.6 Å². The number of rotatable bonds is 3. The highest BCUT2D eigenvalue weighted by molar-refractivity contribution is 5.99. The first-order valence-electron chi connectivity index (χ1n) is 6.74. The van der Waals surface area contributed by atoms with Crippen molar-refractivity contribution in [2.24, 2.45) is 11.3 Å². The molecular formula is C14H23NO6. The van der Waals surface area contributed by atoms with Crippen molar-refractivity contribution >= 4 is 17.8 Å². The average molecular weight is 301 g/mol. The highest BCUT2D eigenvalue weighted by Crippen LogP contribution is 2.33. The van der Waals surface area contributed by atoms with Crippen LogP contribution < -0.4 is 0 Å². The van der Waals surface area contributed by atoms with Crippen molar-refractivity contribution in [3.63, 3.8) is 0 Å². The Kier molecular flexibility index (Phi) is 5.33. The van der Waals surface area contributed by atoms with Gasteiger partial charge < -0.3 is 14.2 Å². The summed E-state index contributed by atoms with van der Waals surface area (Å²) in [5.41, 5.74) is -0.408. The van der Waals surface area contributed by atoms with E-state index < -0.39 is 41.4 Å². The van der Waals surface area contributed by atoms with Gasteiger partial charge in [-0.3, -0.25) is 14.5 Å². The maximum atomic E-state index is 12.6. The Bertz CT molecular complexity index is 428. The third kappa shape index (κ3) is 3.53.